The van der Waals surface area contributed by atoms with Crippen molar-refractivity contribution in [2.75, 3.05) is 0 Å². The van der Waals surface area contributed by atoms with Crippen LogP contribution in [0.15, 0.2) is 52.1 Å². The predicted octanol–water partition coefficient (Wildman–Crippen LogP) is 5.28. The summed E-state index contributed by atoms with van der Waals surface area (Å²) in [5.41, 5.74) is 5.21. The predicted molar refractivity (Wildman–Crippen MR) is 105 cm³/mol. The van der Waals surface area contributed by atoms with Crippen LogP contribution in [0, 0.1) is 13.8 Å². The number of aryl methyl sites for hydroxylation is 3. The number of ketones is 1. The first-order valence-corrected chi connectivity index (χ1v) is 9.57. The molecule has 0 spiro atoms. The molecule has 134 valence electrons. The third kappa shape index (κ3) is 4.05. The van der Waals surface area contributed by atoms with Gasteiger partial charge in [-0.1, -0.05) is 49.0 Å². The van der Waals surface area contributed by atoms with E-state index < -0.39 is 0 Å². The summed E-state index contributed by atoms with van der Waals surface area (Å²) in [6, 6.07) is 13.8. The smallest absolute Gasteiger partial charge is 0.277 e. The van der Waals surface area contributed by atoms with Crippen LogP contribution < -0.4 is 0 Å². The van der Waals surface area contributed by atoms with E-state index in [1.165, 1.54) is 28.5 Å². The maximum Gasteiger partial charge on any atom is 0.277 e. The highest BCUT2D eigenvalue weighted by molar-refractivity contribution is 8.00. The van der Waals surface area contributed by atoms with Gasteiger partial charge in [0.05, 0.1) is 5.25 Å². The number of nitrogens with zero attached hydrogens (tertiary/aromatic N) is 2. The van der Waals surface area contributed by atoms with E-state index in [-0.39, 0.29) is 11.0 Å². The van der Waals surface area contributed by atoms with Crippen LogP contribution in [0.4, 0.5) is 0 Å². The molecule has 0 bridgehead atoms. The van der Waals surface area contributed by atoms with Gasteiger partial charge in [-0.05, 0) is 56.0 Å². The average molecular weight is 366 g/mol. The van der Waals surface area contributed by atoms with Crippen molar-refractivity contribution in [2.45, 2.75) is 44.6 Å². The lowest BCUT2D eigenvalue weighted by Crippen LogP contribution is -2.13. The summed E-state index contributed by atoms with van der Waals surface area (Å²) >= 11 is 1.29. The van der Waals surface area contributed by atoms with Gasteiger partial charge in [0.15, 0.2) is 5.78 Å². The second-order valence-corrected chi connectivity index (χ2v) is 7.64. The van der Waals surface area contributed by atoms with E-state index in [4.69, 9.17) is 4.42 Å². The molecule has 1 aromatic heterocycles. The lowest BCUT2D eigenvalue weighted by molar-refractivity contribution is 0.0993. The van der Waals surface area contributed by atoms with E-state index in [1.54, 1.807) is 0 Å². The Kier molecular flexibility index (Phi) is 5.57. The molecule has 0 amide bonds. The minimum Gasteiger partial charge on any atom is -0.411 e. The molecule has 0 aliphatic carbocycles. The first-order chi connectivity index (χ1) is 12.5. The molecule has 0 saturated heterocycles. The van der Waals surface area contributed by atoms with E-state index in [0.29, 0.717) is 16.7 Å². The van der Waals surface area contributed by atoms with Gasteiger partial charge in [0, 0.05) is 11.1 Å². The molecule has 1 heterocycles. The van der Waals surface area contributed by atoms with Crippen LogP contribution in [0.2, 0.25) is 0 Å². The summed E-state index contributed by atoms with van der Waals surface area (Å²) in [5, 5.41) is 8.31. The third-order valence-electron chi connectivity index (χ3n) is 4.45. The summed E-state index contributed by atoms with van der Waals surface area (Å²) in [5.74, 6) is 0.533. The quantitative estimate of drug-likeness (QED) is 0.439. The van der Waals surface area contributed by atoms with Crippen molar-refractivity contribution in [2.24, 2.45) is 0 Å². The van der Waals surface area contributed by atoms with Crippen LogP contribution >= 0.6 is 11.8 Å². The first kappa shape index (κ1) is 18.4. The number of carbonyl (C=O) groups is 1. The van der Waals surface area contributed by atoms with Crippen LogP contribution in [0.25, 0.3) is 11.5 Å². The summed E-state index contributed by atoms with van der Waals surface area (Å²) in [6.45, 7) is 8.07. The SMILES string of the molecule is CCc1ccc(C(=O)[C@H](C)Sc2nnc(-c3ccc(C)c(C)c3)o2)cc1. The largest absolute Gasteiger partial charge is 0.411 e. The third-order valence-corrected chi connectivity index (χ3v) is 5.39. The molecule has 3 rings (SSSR count). The Morgan fingerprint density at radius 2 is 1.81 bits per heavy atom. The van der Waals surface area contributed by atoms with Crippen molar-refractivity contribution in [3.05, 3.63) is 64.7 Å². The van der Waals surface area contributed by atoms with Crippen molar-refractivity contribution in [3.63, 3.8) is 0 Å². The second-order valence-electron chi connectivity index (χ2n) is 6.35. The monoisotopic (exact) mass is 366 g/mol. The standard InChI is InChI=1S/C21H22N2O2S/c1-5-16-7-10-17(11-8-16)19(24)15(4)26-21-23-22-20(25-21)18-9-6-13(2)14(3)12-18/h6-12,15H,5H2,1-4H3/t15-/m0/s1. The minimum atomic E-state index is -0.296. The topological polar surface area (TPSA) is 56.0 Å². The molecule has 0 radical (unpaired) electrons. The fourth-order valence-electron chi connectivity index (χ4n) is 2.59. The maximum atomic E-state index is 12.6. The number of carbonyl (C=O) groups excluding carboxylic acids is 1. The fraction of sp³-hybridized carbons (Fsp3) is 0.286. The summed E-state index contributed by atoms with van der Waals surface area (Å²) in [7, 11) is 0. The van der Waals surface area contributed by atoms with Gasteiger partial charge in [-0.25, -0.2) is 0 Å². The molecule has 5 heteroatoms. The second kappa shape index (κ2) is 7.87. The van der Waals surface area contributed by atoms with E-state index in [2.05, 4.69) is 31.0 Å². The molecule has 0 aliphatic rings. The van der Waals surface area contributed by atoms with Crippen molar-refractivity contribution < 1.29 is 9.21 Å². The van der Waals surface area contributed by atoms with E-state index >= 15 is 0 Å². The Bertz CT molecular complexity index is 916. The maximum absolute atomic E-state index is 12.6. The molecule has 2 aromatic carbocycles. The molecule has 1 atom stereocenters. The average Bonchev–Trinajstić information content (AvgIpc) is 3.12. The molecule has 0 fully saturated rings. The zero-order valence-corrected chi connectivity index (χ0v) is 16.3. The zero-order chi connectivity index (χ0) is 18.7. The lowest BCUT2D eigenvalue weighted by atomic mass is 10.1. The lowest BCUT2D eigenvalue weighted by Gasteiger charge is -2.08. The minimum absolute atomic E-state index is 0.0589. The highest BCUT2D eigenvalue weighted by Gasteiger charge is 2.20. The molecule has 0 saturated carbocycles. The number of hydrogen-bond acceptors (Lipinski definition) is 5. The van der Waals surface area contributed by atoms with E-state index in [0.717, 1.165) is 12.0 Å². The molecule has 26 heavy (non-hydrogen) atoms. The number of Topliss-reactive ketones (excluding diaryl/α,β-unsaturated/α-hetero) is 1. The number of benzene rings is 2. The normalized spacial score (nSPS) is 12.2. The number of thioether (sulfide) groups is 1. The van der Waals surface area contributed by atoms with Crippen LogP contribution in [-0.2, 0) is 6.42 Å². The van der Waals surface area contributed by atoms with Gasteiger partial charge in [-0.15, -0.1) is 10.2 Å². The van der Waals surface area contributed by atoms with E-state index in [1.807, 2.05) is 49.4 Å². The fourth-order valence-corrected chi connectivity index (χ4v) is 3.35. The molecular formula is C21H22N2O2S. The summed E-state index contributed by atoms with van der Waals surface area (Å²) in [4.78, 5) is 12.6. The number of aromatic nitrogens is 2. The zero-order valence-electron chi connectivity index (χ0n) is 15.4. The van der Waals surface area contributed by atoms with Gasteiger partial charge >= 0.3 is 0 Å². The van der Waals surface area contributed by atoms with Crippen molar-refractivity contribution in [3.8, 4) is 11.5 Å². The Labute approximate surface area is 158 Å². The molecular weight excluding hydrogens is 344 g/mol. The van der Waals surface area contributed by atoms with Gasteiger partial charge in [-0.3, -0.25) is 4.79 Å². The van der Waals surface area contributed by atoms with Crippen LogP contribution in [0.1, 0.15) is 40.9 Å². The molecule has 0 aliphatic heterocycles. The Morgan fingerprint density at radius 1 is 1.08 bits per heavy atom. The van der Waals surface area contributed by atoms with Gasteiger partial charge in [0.25, 0.3) is 5.22 Å². The molecule has 0 N–H and O–H groups in total. The van der Waals surface area contributed by atoms with Crippen LogP contribution in [0.5, 0.6) is 0 Å². The van der Waals surface area contributed by atoms with Crippen LogP contribution in [0.3, 0.4) is 0 Å². The van der Waals surface area contributed by atoms with Gasteiger partial charge in [0.2, 0.25) is 5.89 Å². The van der Waals surface area contributed by atoms with E-state index in [9.17, 15) is 4.79 Å². The highest BCUT2D eigenvalue weighted by Crippen LogP contribution is 2.28. The first-order valence-electron chi connectivity index (χ1n) is 8.69. The Balaban J connectivity index is 1.71. The van der Waals surface area contributed by atoms with Gasteiger partial charge < -0.3 is 4.42 Å². The summed E-state index contributed by atoms with van der Waals surface area (Å²) in [6.07, 6.45) is 0.960. The van der Waals surface area contributed by atoms with Crippen LogP contribution in [-0.4, -0.2) is 21.2 Å². The van der Waals surface area contributed by atoms with Gasteiger partial charge in [0.1, 0.15) is 0 Å². The number of hydrogen-bond donors (Lipinski definition) is 0. The molecule has 0 unspecified atom stereocenters. The Hall–Kier alpha value is -2.40. The van der Waals surface area contributed by atoms with Crippen molar-refractivity contribution >= 4 is 17.5 Å². The Morgan fingerprint density at radius 3 is 2.46 bits per heavy atom. The molecule has 3 aromatic rings. The highest BCUT2D eigenvalue weighted by atomic mass is 32.2. The van der Waals surface area contributed by atoms with Crippen molar-refractivity contribution in [1.82, 2.24) is 10.2 Å². The van der Waals surface area contributed by atoms with Crippen molar-refractivity contribution in [1.29, 1.82) is 0 Å². The number of rotatable bonds is 6. The molecule has 4 nitrogen and oxygen atoms in total. The summed E-state index contributed by atoms with van der Waals surface area (Å²) < 4.78 is 5.75. The van der Waals surface area contributed by atoms with Gasteiger partial charge in [-0.2, -0.15) is 0 Å².